The molecule has 0 saturated carbocycles. The van der Waals surface area contributed by atoms with Crippen LogP contribution >= 0.6 is 0 Å². The van der Waals surface area contributed by atoms with E-state index in [9.17, 15) is 22.7 Å². The number of anilines is 2. The van der Waals surface area contributed by atoms with Crippen molar-refractivity contribution < 1.29 is 27.4 Å². The summed E-state index contributed by atoms with van der Waals surface area (Å²) < 4.78 is 48.3. The summed E-state index contributed by atoms with van der Waals surface area (Å²) in [6.45, 7) is 7.18. The maximum Gasteiger partial charge on any atom is 0.511 e. The smallest absolute Gasteiger partial charge is 0.449 e. The Morgan fingerprint density at radius 3 is 2.77 bits per heavy atom. The highest BCUT2D eigenvalue weighted by Gasteiger charge is 2.36. The number of ether oxygens (including phenoxy) is 1. The molecule has 0 unspecified atom stereocenters. The van der Waals surface area contributed by atoms with Crippen molar-refractivity contribution in [1.82, 2.24) is 4.90 Å². The van der Waals surface area contributed by atoms with Gasteiger partial charge in [0.05, 0.1) is 10.6 Å². The molecule has 2 aliphatic heterocycles. The Labute approximate surface area is 205 Å². The van der Waals surface area contributed by atoms with Crippen LogP contribution in [0.1, 0.15) is 37.8 Å². The number of nitrogens with zero attached hydrogens (tertiary/aromatic N) is 2. The number of carboxylic acid groups (broad SMARTS) is 1. The molecular formula is C25H30FN3O5S. The Morgan fingerprint density at radius 1 is 1.29 bits per heavy atom. The van der Waals surface area contributed by atoms with E-state index in [4.69, 9.17) is 4.74 Å². The summed E-state index contributed by atoms with van der Waals surface area (Å²) in [6, 6.07) is 7.03. The minimum absolute atomic E-state index is 0.00582. The minimum atomic E-state index is -4.18. The summed E-state index contributed by atoms with van der Waals surface area (Å²) in [6.07, 6.45) is 4.49. The molecule has 2 aromatic carbocycles. The third-order valence-electron chi connectivity index (χ3n) is 6.61. The molecule has 0 bridgehead atoms. The number of nitrogens with one attached hydrogen (secondary N) is 1. The molecule has 2 heterocycles. The van der Waals surface area contributed by atoms with Crippen molar-refractivity contribution in [2.75, 3.05) is 35.8 Å². The second kappa shape index (κ2) is 10.2. The van der Waals surface area contributed by atoms with E-state index in [1.54, 1.807) is 18.2 Å². The maximum absolute atomic E-state index is 14.0. The van der Waals surface area contributed by atoms with Crippen LogP contribution in [0.15, 0.2) is 41.3 Å². The van der Waals surface area contributed by atoms with Crippen LogP contribution < -0.4 is 14.4 Å². The van der Waals surface area contributed by atoms with Gasteiger partial charge in [0, 0.05) is 30.4 Å². The lowest BCUT2D eigenvalue weighted by Gasteiger charge is -2.20. The van der Waals surface area contributed by atoms with Gasteiger partial charge in [-0.05, 0) is 68.2 Å². The number of halogens is 1. The molecule has 1 atom stereocenters. The van der Waals surface area contributed by atoms with E-state index in [1.165, 1.54) is 18.2 Å². The normalized spacial score (nSPS) is 17.1. The van der Waals surface area contributed by atoms with Gasteiger partial charge >= 0.3 is 6.16 Å². The molecule has 0 radical (unpaired) electrons. The molecule has 0 aliphatic carbocycles. The van der Waals surface area contributed by atoms with Gasteiger partial charge in [0.15, 0.2) is 5.75 Å². The van der Waals surface area contributed by atoms with Crippen molar-refractivity contribution in [3.05, 3.63) is 53.4 Å². The summed E-state index contributed by atoms with van der Waals surface area (Å²) in [7, 11) is -4.18. The zero-order chi connectivity index (χ0) is 25.2. The highest BCUT2D eigenvalue weighted by atomic mass is 32.2. The number of carbonyl (C=O) groups is 1. The maximum atomic E-state index is 14.0. The highest BCUT2D eigenvalue weighted by Crippen LogP contribution is 2.46. The number of hydrogen-bond acceptors (Lipinski definition) is 6. The molecule has 188 valence electrons. The summed E-state index contributed by atoms with van der Waals surface area (Å²) in [5.41, 5.74) is 1.78. The lowest BCUT2D eigenvalue weighted by molar-refractivity contribution is 0.144. The van der Waals surface area contributed by atoms with E-state index in [0.29, 0.717) is 18.5 Å². The fourth-order valence-corrected chi connectivity index (χ4v) is 6.12. The van der Waals surface area contributed by atoms with Crippen LogP contribution in [0, 0.1) is 5.82 Å². The molecule has 1 saturated heterocycles. The lowest BCUT2D eigenvalue weighted by atomic mass is 10.1. The first kappa shape index (κ1) is 25.0. The number of rotatable bonds is 9. The van der Waals surface area contributed by atoms with Gasteiger partial charge in [0.25, 0.3) is 10.0 Å². The topological polar surface area (TPSA) is 99.2 Å². The van der Waals surface area contributed by atoms with Crippen molar-refractivity contribution in [2.24, 2.45) is 0 Å². The number of fused-ring (bicyclic) bond motifs is 3. The van der Waals surface area contributed by atoms with Crippen LogP contribution in [0.2, 0.25) is 0 Å². The molecule has 0 spiro atoms. The average molecular weight is 504 g/mol. The Hall–Kier alpha value is -3.11. The fraction of sp³-hybridized carbons (Fsp3) is 0.400. The van der Waals surface area contributed by atoms with Gasteiger partial charge in [-0.1, -0.05) is 26.0 Å². The van der Waals surface area contributed by atoms with Crippen molar-refractivity contribution in [3.8, 4) is 5.75 Å². The van der Waals surface area contributed by atoms with Gasteiger partial charge in [-0.15, -0.1) is 0 Å². The van der Waals surface area contributed by atoms with Crippen LogP contribution in [0.5, 0.6) is 5.75 Å². The Kier molecular flexibility index (Phi) is 7.32. The van der Waals surface area contributed by atoms with Crippen molar-refractivity contribution in [2.45, 2.75) is 44.0 Å². The lowest BCUT2D eigenvalue weighted by Crippen LogP contribution is -2.24. The monoisotopic (exact) mass is 503 g/mol. The van der Waals surface area contributed by atoms with E-state index in [-0.39, 0.29) is 27.9 Å². The van der Waals surface area contributed by atoms with Crippen molar-refractivity contribution in [1.29, 1.82) is 0 Å². The molecule has 10 heteroatoms. The van der Waals surface area contributed by atoms with Crippen LogP contribution in [0.4, 0.5) is 20.6 Å². The van der Waals surface area contributed by atoms with Gasteiger partial charge in [-0.3, -0.25) is 4.72 Å². The number of likely N-dealkylation sites (N-methyl/N-ethyl adjacent to an activating group) is 1. The average Bonchev–Trinajstić information content (AvgIpc) is 3.39. The largest absolute Gasteiger partial charge is 0.511 e. The SMILES string of the molecule is CCN(CC)C/C=C\c1cc(F)ccc1S(=O)(=O)Nc1ccc2c(c1OC(=O)O)C[C@@H]1CCCN21. The molecule has 1 fully saturated rings. The van der Waals surface area contributed by atoms with Gasteiger partial charge in [-0.25, -0.2) is 17.6 Å². The third kappa shape index (κ3) is 5.28. The summed E-state index contributed by atoms with van der Waals surface area (Å²) in [4.78, 5) is 15.7. The molecule has 4 rings (SSSR count). The van der Waals surface area contributed by atoms with Gasteiger partial charge in [0.2, 0.25) is 0 Å². The molecule has 0 aromatic heterocycles. The molecular weight excluding hydrogens is 473 g/mol. The van der Waals surface area contributed by atoms with E-state index in [2.05, 4.69) is 14.5 Å². The standard InChI is InChI=1S/C25H30FN3O5S/c1-3-28(4-2)13-5-7-17-15-18(26)9-12-23(17)35(32,33)27-21-10-11-22-20(24(21)34-25(30)31)16-19-8-6-14-29(19)22/h5,7,9-12,15,19,27H,3-4,6,8,13-14,16H2,1-2H3,(H,30,31)/b7-5-/t19-/m0/s1. The van der Waals surface area contributed by atoms with E-state index in [1.807, 2.05) is 13.8 Å². The van der Waals surface area contributed by atoms with Gasteiger partial charge in [0.1, 0.15) is 5.82 Å². The van der Waals surface area contributed by atoms with Crippen LogP contribution in [0.3, 0.4) is 0 Å². The van der Waals surface area contributed by atoms with E-state index < -0.39 is 22.0 Å². The molecule has 8 nitrogen and oxygen atoms in total. The first-order valence-corrected chi connectivity index (χ1v) is 13.3. The molecule has 0 amide bonds. The van der Waals surface area contributed by atoms with Gasteiger partial charge in [-0.2, -0.15) is 0 Å². The summed E-state index contributed by atoms with van der Waals surface area (Å²) in [5, 5.41) is 9.33. The molecule has 35 heavy (non-hydrogen) atoms. The number of sulfonamides is 1. The summed E-state index contributed by atoms with van der Waals surface area (Å²) in [5.74, 6) is -0.562. The molecule has 2 aliphatic rings. The van der Waals surface area contributed by atoms with E-state index in [0.717, 1.165) is 44.2 Å². The Morgan fingerprint density at radius 2 is 2.06 bits per heavy atom. The Bertz CT molecular complexity index is 1240. The van der Waals surface area contributed by atoms with E-state index >= 15 is 0 Å². The first-order chi connectivity index (χ1) is 16.7. The third-order valence-corrected chi connectivity index (χ3v) is 8.05. The van der Waals surface area contributed by atoms with Crippen LogP contribution in [-0.4, -0.2) is 56.8 Å². The van der Waals surface area contributed by atoms with Crippen molar-refractivity contribution >= 4 is 33.6 Å². The quantitative estimate of drug-likeness (QED) is 0.382. The predicted octanol–water partition coefficient (Wildman–Crippen LogP) is 4.56. The van der Waals surface area contributed by atoms with Crippen molar-refractivity contribution in [3.63, 3.8) is 0 Å². The minimum Gasteiger partial charge on any atom is -0.449 e. The second-order valence-corrected chi connectivity index (χ2v) is 10.3. The van der Waals surface area contributed by atoms with Gasteiger partial charge < -0.3 is 19.6 Å². The molecule has 2 N–H and O–H groups in total. The second-order valence-electron chi connectivity index (χ2n) is 8.68. The fourth-order valence-electron chi connectivity index (χ4n) is 4.87. The highest BCUT2D eigenvalue weighted by molar-refractivity contribution is 7.92. The predicted molar refractivity (Wildman–Crippen MR) is 133 cm³/mol. The van der Waals surface area contributed by atoms with Crippen LogP contribution in [-0.2, 0) is 16.4 Å². The zero-order valence-corrected chi connectivity index (χ0v) is 20.6. The van der Waals surface area contributed by atoms with Crippen LogP contribution in [0.25, 0.3) is 6.08 Å². The number of hydrogen-bond donors (Lipinski definition) is 2. The number of benzene rings is 2. The Balaban J connectivity index is 1.68. The molecule has 2 aromatic rings. The zero-order valence-electron chi connectivity index (χ0n) is 19.8. The first-order valence-electron chi connectivity index (χ1n) is 11.8. The summed E-state index contributed by atoms with van der Waals surface area (Å²) >= 11 is 0.